The zero-order valence-corrected chi connectivity index (χ0v) is 11.7. The van der Waals surface area contributed by atoms with Crippen LogP contribution < -0.4 is 0 Å². The van der Waals surface area contributed by atoms with Crippen molar-refractivity contribution >= 4 is 33.2 Å². The summed E-state index contributed by atoms with van der Waals surface area (Å²) < 4.78 is 25.6. The monoisotopic (exact) mass is 307 g/mol. The third-order valence-corrected chi connectivity index (χ3v) is 4.38. The Morgan fingerprint density at radius 2 is 1.89 bits per heavy atom. The molecule has 0 aromatic carbocycles. The van der Waals surface area contributed by atoms with Gasteiger partial charge in [0.15, 0.2) is 0 Å². The summed E-state index contributed by atoms with van der Waals surface area (Å²) in [7, 11) is -3.66. The Morgan fingerprint density at radius 3 is 2.28 bits per heavy atom. The van der Waals surface area contributed by atoms with Gasteiger partial charge < -0.3 is 0 Å². The molecule has 0 radical (unpaired) electrons. The number of aromatic nitrogens is 1. The van der Waals surface area contributed by atoms with Gasteiger partial charge in [0, 0.05) is 31.0 Å². The first-order valence-electron chi connectivity index (χ1n) is 5.04. The zero-order chi connectivity index (χ0) is 13.6. The van der Waals surface area contributed by atoms with Gasteiger partial charge in [0.1, 0.15) is 16.7 Å². The number of nitrogens with zero attached hydrogens (tertiary/aromatic N) is 3. The minimum atomic E-state index is -3.66. The number of pyridine rings is 1. The predicted octanol–water partition coefficient (Wildman–Crippen LogP) is 1.42. The second-order valence-corrected chi connectivity index (χ2v) is 5.97. The van der Waals surface area contributed by atoms with Crippen LogP contribution in [0.15, 0.2) is 23.2 Å². The molecule has 8 heteroatoms. The lowest BCUT2D eigenvalue weighted by Gasteiger charge is -2.19. The zero-order valence-electron chi connectivity index (χ0n) is 9.38. The normalized spacial score (nSPS) is 11.4. The largest absolute Gasteiger partial charge is 0.244 e. The number of halogens is 2. The van der Waals surface area contributed by atoms with Gasteiger partial charge in [0.05, 0.1) is 0 Å². The van der Waals surface area contributed by atoms with E-state index in [0.29, 0.717) is 0 Å². The van der Waals surface area contributed by atoms with Crippen molar-refractivity contribution in [1.82, 2.24) is 9.29 Å². The standard InChI is InChI=1S/C10H11Cl2N3O2S/c11-3-5-15(6-4-12)18(16,17)10-2-1-9(7-13)14-8-10/h1-2,8H,3-6H2. The highest BCUT2D eigenvalue weighted by Crippen LogP contribution is 2.15. The summed E-state index contributed by atoms with van der Waals surface area (Å²) in [6.45, 7) is 0.354. The molecular weight excluding hydrogens is 297 g/mol. The molecule has 0 aliphatic rings. The molecule has 1 rings (SSSR count). The van der Waals surface area contributed by atoms with Crippen molar-refractivity contribution in [2.75, 3.05) is 24.8 Å². The smallest absolute Gasteiger partial charge is 0.244 e. The first-order valence-corrected chi connectivity index (χ1v) is 7.55. The van der Waals surface area contributed by atoms with Crippen LogP contribution in [0.3, 0.4) is 0 Å². The van der Waals surface area contributed by atoms with Crippen LogP contribution in [0.25, 0.3) is 0 Å². The lowest BCUT2D eigenvalue weighted by Crippen LogP contribution is -2.34. The second-order valence-electron chi connectivity index (χ2n) is 3.27. The van der Waals surface area contributed by atoms with E-state index >= 15 is 0 Å². The summed E-state index contributed by atoms with van der Waals surface area (Å²) in [4.78, 5) is 3.76. The van der Waals surface area contributed by atoms with Crippen LogP contribution in [0, 0.1) is 11.3 Å². The summed E-state index contributed by atoms with van der Waals surface area (Å²) in [5.41, 5.74) is 0.162. The maximum absolute atomic E-state index is 12.2. The molecule has 0 bridgehead atoms. The Hall–Kier alpha value is -0.870. The van der Waals surface area contributed by atoms with Crippen molar-refractivity contribution in [2.24, 2.45) is 0 Å². The second kappa shape index (κ2) is 6.90. The number of rotatable bonds is 6. The maximum Gasteiger partial charge on any atom is 0.244 e. The third-order valence-electron chi connectivity index (χ3n) is 2.16. The Morgan fingerprint density at radius 1 is 1.28 bits per heavy atom. The Kier molecular flexibility index (Phi) is 5.82. The van der Waals surface area contributed by atoms with Crippen LogP contribution in [0.5, 0.6) is 0 Å². The number of sulfonamides is 1. The Labute approximate surface area is 116 Å². The van der Waals surface area contributed by atoms with Gasteiger partial charge in [-0.3, -0.25) is 0 Å². The molecule has 1 heterocycles. The molecule has 1 aromatic heterocycles. The minimum Gasteiger partial charge on any atom is -0.244 e. The first kappa shape index (κ1) is 15.2. The molecule has 1 aromatic rings. The van der Waals surface area contributed by atoms with Crippen molar-refractivity contribution < 1.29 is 8.42 Å². The highest BCUT2D eigenvalue weighted by atomic mass is 35.5. The molecule has 5 nitrogen and oxygen atoms in total. The SMILES string of the molecule is N#Cc1ccc(S(=O)(=O)N(CCCl)CCCl)cn1. The van der Waals surface area contributed by atoms with E-state index in [1.165, 1.54) is 16.4 Å². The summed E-state index contributed by atoms with van der Waals surface area (Å²) in [5, 5.41) is 8.60. The number of hydrogen-bond acceptors (Lipinski definition) is 4. The van der Waals surface area contributed by atoms with Crippen LogP contribution in [0.1, 0.15) is 5.69 Å². The fourth-order valence-corrected chi connectivity index (χ4v) is 3.28. The first-order chi connectivity index (χ1) is 8.56. The fourth-order valence-electron chi connectivity index (χ4n) is 1.29. The van der Waals surface area contributed by atoms with E-state index in [-0.39, 0.29) is 35.4 Å². The van der Waals surface area contributed by atoms with Crippen molar-refractivity contribution in [3.8, 4) is 6.07 Å². The van der Waals surface area contributed by atoms with Gasteiger partial charge in [0.25, 0.3) is 0 Å². The van der Waals surface area contributed by atoms with Gasteiger partial charge >= 0.3 is 0 Å². The molecular formula is C10H11Cl2N3O2S. The molecule has 18 heavy (non-hydrogen) atoms. The molecule has 0 aliphatic heterocycles. The van der Waals surface area contributed by atoms with Crippen LogP contribution in [-0.4, -0.2) is 42.6 Å². The van der Waals surface area contributed by atoms with Crippen molar-refractivity contribution in [2.45, 2.75) is 4.90 Å². The molecule has 0 spiro atoms. The summed E-state index contributed by atoms with van der Waals surface area (Å²) in [5.74, 6) is 0.361. The molecule has 0 unspecified atom stereocenters. The van der Waals surface area contributed by atoms with E-state index in [2.05, 4.69) is 4.98 Å². The van der Waals surface area contributed by atoms with E-state index in [1.54, 1.807) is 0 Å². The maximum atomic E-state index is 12.2. The summed E-state index contributed by atoms with van der Waals surface area (Å²) in [6.07, 6.45) is 1.16. The van der Waals surface area contributed by atoms with Crippen LogP contribution in [0.4, 0.5) is 0 Å². The lowest BCUT2D eigenvalue weighted by atomic mass is 10.4. The number of hydrogen-bond donors (Lipinski definition) is 0. The van der Waals surface area contributed by atoms with Crippen molar-refractivity contribution in [1.29, 1.82) is 5.26 Å². The fraction of sp³-hybridized carbons (Fsp3) is 0.400. The molecule has 0 atom stereocenters. The van der Waals surface area contributed by atoms with Crippen LogP contribution in [-0.2, 0) is 10.0 Å². The van der Waals surface area contributed by atoms with Crippen molar-refractivity contribution in [3.05, 3.63) is 24.0 Å². The Bertz CT molecular complexity index is 519. The van der Waals surface area contributed by atoms with E-state index < -0.39 is 10.0 Å². The van der Waals surface area contributed by atoms with E-state index in [0.717, 1.165) is 6.20 Å². The van der Waals surface area contributed by atoms with E-state index in [1.807, 2.05) is 6.07 Å². The number of alkyl halides is 2. The third kappa shape index (κ3) is 3.56. The van der Waals surface area contributed by atoms with Gasteiger partial charge in [-0.2, -0.15) is 9.57 Å². The topological polar surface area (TPSA) is 74.1 Å². The number of nitriles is 1. The van der Waals surface area contributed by atoms with Crippen LogP contribution >= 0.6 is 23.2 Å². The Balaban J connectivity index is 3.06. The van der Waals surface area contributed by atoms with Gasteiger partial charge in [-0.25, -0.2) is 13.4 Å². The highest BCUT2D eigenvalue weighted by Gasteiger charge is 2.23. The van der Waals surface area contributed by atoms with Gasteiger partial charge in [-0.1, -0.05) is 0 Å². The van der Waals surface area contributed by atoms with Gasteiger partial charge in [0.2, 0.25) is 10.0 Å². The van der Waals surface area contributed by atoms with E-state index in [9.17, 15) is 8.42 Å². The summed E-state index contributed by atoms with van der Waals surface area (Å²) in [6, 6.07) is 4.52. The molecule has 0 N–H and O–H groups in total. The van der Waals surface area contributed by atoms with Gasteiger partial charge in [-0.15, -0.1) is 23.2 Å². The van der Waals surface area contributed by atoms with Crippen LogP contribution in [0.2, 0.25) is 0 Å². The molecule has 0 amide bonds. The predicted molar refractivity (Wildman–Crippen MR) is 69.2 cm³/mol. The van der Waals surface area contributed by atoms with E-state index in [4.69, 9.17) is 28.5 Å². The highest BCUT2D eigenvalue weighted by molar-refractivity contribution is 7.89. The summed E-state index contributed by atoms with van der Waals surface area (Å²) >= 11 is 11.1. The van der Waals surface area contributed by atoms with Gasteiger partial charge in [-0.05, 0) is 12.1 Å². The average Bonchev–Trinajstić information content (AvgIpc) is 2.38. The quantitative estimate of drug-likeness (QED) is 0.745. The molecule has 0 fully saturated rings. The lowest BCUT2D eigenvalue weighted by molar-refractivity contribution is 0.448. The molecule has 0 saturated heterocycles. The molecule has 98 valence electrons. The van der Waals surface area contributed by atoms with Crippen molar-refractivity contribution in [3.63, 3.8) is 0 Å². The minimum absolute atomic E-state index is 0.0248. The average molecular weight is 308 g/mol. The molecule has 0 saturated carbocycles. The molecule has 0 aliphatic carbocycles.